The predicted molar refractivity (Wildman–Crippen MR) is 129 cm³/mol. The summed E-state index contributed by atoms with van der Waals surface area (Å²) in [6, 6.07) is 12.6. The first-order valence-electron chi connectivity index (χ1n) is 11.7. The van der Waals surface area contributed by atoms with Gasteiger partial charge in [0.1, 0.15) is 37.3 Å². The minimum Gasteiger partial charge on any atom is -0.497 e. The Morgan fingerprint density at radius 1 is 1.09 bits per heavy atom. The van der Waals surface area contributed by atoms with E-state index in [0.717, 1.165) is 59.6 Å². The van der Waals surface area contributed by atoms with Crippen molar-refractivity contribution in [3.8, 4) is 11.5 Å². The Hall–Kier alpha value is -2.64. The standard InChI is InChI=1S/C26H37N2O5/c1-26(2,3)24-16-23(32-4)12-13-25(24)33-19-22(29)18-28(14-6-5-7-15-28)17-20-8-10-21(11-9-20)27(30)31/h8-13,16,22,29H,5-7,14-15,17-19H2,1-4H3/q+1. The first-order chi connectivity index (χ1) is 15.6. The molecule has 1 heterocycles. The monoisotopic (exact) mass is 457 g/mol. The molecule has 0 radical (unpaired) electrons. The van der Waals surface area contributed by atoms with Gasteiger partial charge in [-0.05, 0) is 55.0 Å². The summed E-state index contributed by atoms with van der Waals surface area (Å²) < 4.78 is 12.3. The minimum absolute atomic E-state index is 0.103. The maximum absolute atomic E-state index is 11.0. The van der Waals surface area contributed by atoms with Gasteiger partial charge in [0.05, 0.1) is 25.1 Å². The van der Waals surface area contributed by atoms with E-state index < -0.39 is 6.10 Å². The number of hydrogen-bond acceptors (Lipinski definition) is 5. The summed E-state index contributed by atoms with van der Waals surface area (Å²) in [4.78, 5) is 10.6. The second-order valence-corrected chi connectivity index (χ2v) is 10.2. The van der Waals surface area contributed by atoms with Crippen molar-refractivity contribution in [2.75, 3.05) is 33.4 Å². The molecule has 1 unspecified atom stereocenters. The molecule has 1 fully saturated rings. The number of rotatable bonds is 9. The largest absolute Gasteiger partial charge is 0.497 e. The van der Waals surface area contributed by atoms with Crippen LogP contribution in [0, 0.1) is 10.1 Å². The maximum atomic E-state index is 11.0. The maximum Gasteiger partial charge on any atom is 0.269 e. The smallest absolute Gasteiger partial charge is 0.269 e. The average molecular weight is 458 g/mol. The van der Waals surface area contributed by atoms with Gasteiger partial charge in [0, 0.05) is 23.3 Å². The summed E-state index contributed by atoms with van der Waals surface area (Å²) >= 11 is 0. The third kappa shape index (κ3) is 6.68. The number of non-ortho nitro benzene ring substituents is 1. The molecule has 7 heteroatoms. The van der Waals surface area contributed by atoms with Crippen molar-refractivity contribution < 1.29 is 24.0 Å². The molecule has 1 N–H and O–H groups in total. The Bertz CT molecular complexity index is 931. The number of nitrogens with zero attached hydrogens (tertiary/aromatic N) is 2. The molecular formula is C26H37N2O5+. The molecule has 2 aromatic rings. The third-order valence-corrected chi connectivity index (χ3v) is 6.45. The summed E-state index contributed by atoms with van der Waals surface area (Å²) in [5.74, 6) is 1.55. The van der Waals surface area contributed by atoms with Gasteiger partial charge >= 0.3 is 0 Å². The molecule has 0 aliphatic carbocycles. The van der Waals surface area contributed by atoms with Gasteiger partial charge in [0.15, 0.2) is 0 Å². The Morgan fingerprint density at radius 3 is 2.33 bits per heavy atom. The van der Waals surface area contributed by atoms with Crippen LogP contribution in [0.3, 0.4) is 0 Å². The van der Waals surface area contributed by atoms with Crippen molar-refractivity contribution in [1.29, 1.82) is 0 Å². The summed E-state index contributed by atoms with van der Waals surface area (Å²) in [5.41, 5.74) is 2.08. The zero-order valence-corrected chi connectivity index (χ0v) is 20.3. The van der Waals surface area contributed by atoms with Crippen LogP contribution < -0.4 is 9.47 Å². The van der Waals surface area contributed by atoms with Gasteiger partial charge < -0.3 is 19.1 Å². The molecule has 1 atom stereocenters. The second-order valence-electron chi connectivity index (χ2n) is 10.2. The van der Waals surface area contributed by atoms with Crippen LogP contribution >= 0.6 is 0 Å². The van der Waals surface area contributed by atoms with E-state index in [1.807, 2.05) is 30.3 Å². The summed E-state index contributed by atoms with van der Waals surface area (Å²) in [6.45, 7) is 9.93. The molecule has 3 rings (SSSR count). The van der Waals surface area contributed by atoms with E-state index in [2.05, 4.69) is 20.8 Å². The van der Waals surface area contributed by atoms with Gasteiger partial charge in [-0.25, -0.2) is 0 Å². The van der Waals surface area contributed by atoms with Crippen molar-refractivity contribution in [1.82, 2.24) is 0 Å². The lowest BCUT2D eigenvalue weighted by atomic mass is 9.86. The fourth-order valence-electron chi connectivity index (χ4n) is 4.73. The van der Waals surface area contributed by atoms with Gasteiger partial charge in [0.25, 0.3) is 5.69 Å². The van der Waals surface area contributed by atoms with E-state index in [0.29, 0.717) is 6.54 Å². The molecule has 2 aromatic carbocycles. The topological polar surface area (TPSA) is 81.8 Å². The fraction of sp³-hybridized carbons (Fsp3) is 0.538. The van der Waals surface area contributed by atoms with E-state index in [9.17, 15) is 15.2 Å². The average Bonchev–Trinajstić information content (AvgIpc) is 2.78. The third-order valence-electron chi connectivity index (χ3n) is 6.45. The highest BCUT2D eigenvalue weighted by Crippen LogP contribution is 2.34. The summed E-state index contributed by atoms with van der Waals surface area (Å²) in [6.07, 6.45) is 2.82. The van der Waals surface area contributed by atoms with Crippen molar-refractivity contribution in [2.45, 2.75) is 58.1 Å². The number of quaternary nitrogens is 1. The number of nitro groups is 1. The van der Waals surface area contributed by atoms with Gasteiger partial charge in [-0.15, -0.1) is 0 Å². The molecule has 180 valence electrons. The normalized spacial score (nSPS) is 16.8. The quantitative estimate of drug-likeness (QED) is 0.331. The van der Waals surface area contributed by atoms with Crippen molar-refractivity contribution in [3.63, 3.8) is 0 Å². The Labute approximate surface area is 196 Å². The predicted octanol–water partition coefficient (Wildman–Crippen LogP) is 4.84. The molecule has 1 aliphatic rings. The van der Waals surface area contributed by atoms with Crippen molar-refractivity contribution in [3.05, 3.63) is 63.7 Å². The zero-order valence-electron chi connectivity index (χ0n) is 20.3. The van der Waals surface area contributed by atoms with Crippen LogP contribution in [-0.2, 0) is 12.0 Å². The highest BCUT2D eigenvalue weighted by molar-refractivity contribution is 5.44. The van der Waals surface area contributed by atoms with Gasteiger partial charge in [-0.1, -0.05) is 20.8 Å². The fourth-order valence-corrected chi connectivity index (χ4v) is 4.73. The number of aliphatic hydroxyl groups excluding tert-OH is 1. The Morgan fingerprint density at radius 2 is 1.76 bits per heavy atom. The van der Waals surface area contributed by atoms with Gasteiger partial charge in [0.2, 0.25) is 0 Å². The van der Waals surface area contributed by atoms with Gasteiger partial charge in [-0.3, -0.25) is 10.1 Å². The Balaban J connectivity index is 1.70. The van der Waals surface area contributed by atoms with E-state index in [-0.39, 0.29) is 22.6 Å². The number of aliphatic hydroxyl groups is 1. The summed E-state index contributed by atoms with van der Waals surface area (Å²) in [5, 5.41) is 21.9. The molecule has 1 saturated heterocycles. The summed E-state index contributed by atoms with van der Waals surface area (Å²) in [7, 11) is 1.65. The number of likely N-dealkylation sites (tertiary alicyclic amines) is 1. The number of ether oxygens (including phenoxy) is 2. The second kappa shape index (κ2) is 10.5. The van der Waals surface area contributed by atoms with Crippen LogP contribution in [0.4, 0.5) is 5.69 Å². The number of methoxy groups -OCH3 is 1. The van der Waals surface area contributed by atoms with Crippen molar-refractivity contribution in [2.24, 2.45) is 0 Å². The van der Waals surface area contributed by atoms with Crippen molar-refractivity contribution >= 4 is 5.69 Å². The molecule has 0 spiro atoms. The molecule has 0 aromatic heterocycles. The molecular weight excluding hydrogens is 420 g/mol. The van der Waals surface area contributed by atoms with Crippen LogP contribution in [-0.4, -0.2) is 54.0 Å². The van der Waals surface area contributed by atoms with E-state index in [1.165, 1.54) is 6.42 Å². The van der Waals surface area contributed by atoms with Gasteiger partial charge in [-0.2, -0.15) is 0 Å². The number of piperidine rings is 1. The van der Waals surface area contributed by atoms with E-state index >= 15 is 0 Å². The lowest BCUT2D eigenvalue weighted by molar-refractivity contribution is -0.947. The van der Waals surface area contributed by atoms with Crippen LogP contribution in [0.25, 0.3) is 0 Å². The van der Waals surface area contributed by atoms with Crippen LogP contribution in [0.15, 0.2) is 42.5 Å². The van der Waals surface area contributed by atoms with Crippen LogP contribution in [0.1, 0.15) is 51.2 Å². The minimum atomic E-state index is -0.615. The molecule has 0 amide bonds. The molecule has 33 heavy (non-hydrogen) atoms. The molecule has 7 nitrogen and oxygen atoms in total. The number of benzene rings is 2. The number of hydrogen-bond donors (Lipinski definition) is 1. The molecule has 0 bridgehead atoms. The van der Waals surface area contributed by atoms with Crippen LogP contribution in [0.5, 0.6) is 11.5 Å². The van der Waals surface area contributed by atoms with E-state index in [1.54, 1.807) is 19.2 Å². The zero-order chi connectivity index (χ0) is 24.1. The Kier molecular flexibility index (Phi) is 7.97. The SMILES string of the molecule is COc1ccc(OCC(O)C[N+]2(Cc3ccc([N+](=O)[O-])cc3)CCCCC2)c(C(C)(C)C)c1. The highest BCUT2D eigenvalue weighted by Gasteiger charge is 2.33. The lowest BCUT2D eigenvalue weighted by Gasteiger charge is -2.43. The number of nitro benzene ring substituents is 1. The molecule has 0 saturated carbocycles. The first kappa shape index (κ1) is 25.0. The van der Waals surface area contributed by atoms with E-state index in [4.69, 9.17) is 9.47 Å². The lowest BCUT2D eigenvalue weighted by Crippen LogP contribution is -2.55. The molecule has 1 aliphatic heterocycles. The highest BCUT2D eigenvalue weighted by atomic mass is 16.6. The first-order valence-corrected chi connectivity index (χ1v) is 11.7. The van der Waals surface area contributed by atoms with Crippen LogP contribution in [0.2, 0.25) is 0 Å².